The van der Waals surface area contributed by atoms with Crippen LogP contribution in [0.2, 0.25) is 5.02 Å². The van der Waals surface area contributed by atoms with Crippen molar-refractivity contribution in [3.63, 3.8) is 0 Å². The second-order valence-electron chi connectivity index (χ2n) is 7.87. The zero-order chi connectivity index (χ0) is 22.6. The summed E-state index contributed by atoms with van der Waals surface area (Å²) in [7, 11) is 0. The van der Waals surface area contributed by atoms with E-state index in [0.717, 1.165) is 16.9 Å². The predicted molar refractivity (Wildman–Crippen MR) is 132 cm³/mol. The Morgan fingerprint density at radius 2 is 2.06 bits per heavy atom. The van der Waals surface area contributed by atoms with Crippen molar-refractivity contribution in [3.8, 4) is 17.9 Å². The van der Waals surface area contributed by atoms with E-state index < -0.39 is 0 Å². The normalized spacial score (nSPS) is 19.4. The van der Waals surface area contributed by atoms with E-state index in [1.165, 1.54) is 0 Å². The van der Waals surface area contributed by atoms with Gasteiger partial charge in [-0.3, -0.25) is 4.90 Å². The Labute approximate surface area is 204 Å². The number of urea groups is 1. The van der Waals surface area contributed by atoms with Gasteiger partial charge in [0.1, 0.15) is 18.8 Å². The van der Waals surface area contributed by atoms with Gasteiger partial charge in [-0.05, 0) is 31.2 Å². The van der Waals surface area contributed by atoms with Crippen LogP contribution in [0.3, 0.4) is 0 Å². The van der Waals surface area contributed by atoms with E-state index in [1.54, 1.807) is 24.7 Å². The number of aromatic nitrogens is 2. The quantitative estimate of drug-likeness (QED) is 0.385. The molecule has 1 fully saturated rings. The van der Waals surface area contributed by atoms with Crippen molar-refractivity contribution >= 4 is 35.7 Å². The molecule has 2 unspecified atom stereocenters. The van der Waals surface area contributed by atoms with Gasteiger partial charge < -0.3 is 4.98 Å². The summed E-state index contributed by atoms with van der Waals surface area (Å²) < 4.78 is 0.108. The van der Waals surface area contributed by atoms with Crippen LogP contribution in [-0.2, 0) is 13.1 Å². The number of quaternary nitrogens is 1. The number of carbonyl (C=O) groups is 1. The van der Waals surface area contributed by atoms with E-state index in [2.05, 4.69) is 27.9 Å². The van der Waals surface area contributed by atoms with Gasteiger partial charge in [-0.2, -0.15) is 5.26 Å². The highest BCUT2D eigenvalue weighted by molar-refractivity contribution is 6.30. The van der Waals surface area contributed by atoms with Gasteiger partial charge in [-0.1, -0.05) is 29.8 Å². The van der Waals surface area contributed by atoms with Gasteiger partial charge in [-0.25, -0.2) is 14.3 Å². The van der Waals surface area contributed by atoms with Crippen molar-refractivity contribution in [1.82, 2.24) is 19.4 Å². The number of hydrogen-bond donors (Lipinski definition) is 1. The highest BCUT2D eigenvalue weighted by atomic mass is 35.5. The molecule has 3 aromatic rings. The Morgan fingerprint density at radius 3 is 2.70 bits per heavy atom. The molecule has 0 spiro atoms. The first kappa shape index (κ1) is 24.4. The Hall–Kier alpha value is -3.29. The molecule has 33 heavy (non-hydrogen) atoms. The molecule has 1 aliphatic heterocycles. The fourth-order valence-corrected chi connectivity index (χ4v) is 4.45. The van der Waals surface area contributed by atoms with Crippen molar-refractivity contribution in [2.75, 3.05) is 6.54 Å². The Morgan fingerprint density at radius 1 is 1.27 bits per heavy atom. The van der Waals surface area contributed by atoms with Gasteiger partial charge in [-0.15, -0.1) is 24.2 Å². The maximum atomic E-state index is 14.1. The molecule has 2 heterocycles. The zero-order valence-corrected chi connectivity index (χ0v) is 19.7. The van der Waals surface area contributed by atoms with E-state index in [0.29, 0.717) is 36.6 Å². The van der Waals surface area contributed by atoms with Crippen LogP contribution in [0.25, 0.3) is 0 Å². The molecule has 1 saturated heterocycles. The molecule has 0 saturated carbocycles. The number of rotatable bonds is 6. The summed E-state index contributed by atoms with van der Waals surface area (Å²) >= 11 is 6.34. The number of H-pyrrole nitrogens is 1. The van der Waals surface area contributed by atoms with Gasteiger partial charge in [0.15, 0.2) is 0 Å². The topological polar surface area (TPSA) is 72.8 Å². The molecule has 2 aromatic carbocycles. The molecule has 168 valence electrons. The second-order valence-corrected chi connectivity index (χ2v) is 8.31. The summed E-state index contributed by atoms with van der Waals surface area (Å²) in [5.74, 6) is 6.12. The number of nitrogens with one attached hydrogen (secondary N) is 1. The summed E-state index contributed by atoms with van der Waals surface area (Å²) in [5.41, 5.74) is 3.28. The number of aromatic amines is 1. The number of amides is 2. The molecule has 0 aliphatic carbocycles. The molecular weight excluding hydrogens is 457 g/mol. The van der Waals surface area contributed by atoms with E-state index in [1.807, 2.05) is 48.2 Å². The van der Waals surface area contributed by atoms with Crippen LogP contribution in [0.4, 0.5) is 10.5 Å². The highest BCUT2D eigenvalue weighted by Crippen LogP contribution is 2.37. The fraction of sp³-hybridized carbons (Fsp3) is 0.240. The predicted octanol–water partition coefficient (Wildman–Crippen LogP) is 5.28. The van der Waals surface area contributed by atoms with E-state index >= 15 is 0 Å². The average Bonchev–Trinajstić information content (AvgIpc) is 3.41. The monoisotopic (exact) mass is 480 g/mol. The van der Waals surface area contributed by atoms with Crippen LogP contribution in [-0.4, -0.2) is 33.5 Å². The molecule has 4 rings (SSSR count). The van der Waals surface area contributed by atoms with Crippen LogP contribution in [0.5, 0.6) is 0 Å². The third-order valence-corrected chi connectivity index (χ3v) is 6.06. The van der Waals surface area contributed by atoms with Crippen LogP contribution >= 0.6 is 24.0 Å². The lowest BCUT2D eigenvalue weighted by atomic mass is 10.1. The molecule has 1 N–H and O–H groups in total. The maximum absolute atomic E-state index is 14.1. The lowest BCUT2D eigenvalue weighted by Gasteiger charge is -2.30. The minimum atomic E-state index is -0.0596. The number of hydrogen-bond acceptors (Lipinski definition) is 3. The van der Waals surface area contributed by atoms with Crippen LogP contribution in [0.15, 0.2) is 61.1 Å². The summed E-state index contributed by atoms with van der Waals surface area (Å²) in [6, 6.07) is 17.0. The molecule has 1 aromatic heterocycles. The summed E-state index contributed by atoms with van der Waals surface area (Å²) in [5, 5.41) is 9.73. The van der Waals surface area contributed by atoms with Crippen molar-refractivity contribution in [3.05, 3.63) is 82.9 Å². The smallest absolute Gasteiger partial charge is 0.347 e. The summed E-state index contributed by atoms with van der Waals surface area (Å²) in [6.07, 6.45) is 3.94. The summed E-state index contributed by atoms with van der Waals surface area (Å²) in [4.78, 5) is 23.2. The van der Waals surface area contributed by atoms with E-state index in [9.17, 15) is 4.79 Å². The fourth-order valence-electron chi connectivity index (χ4n) is 4.26. The molecule has 1 aliphatic rings. The van der Waals surface area contributed by atoms with Crippen molar-refractivity contribution in [1.29, 1.82) is 5.26 Å². The van der Waals surface area contributed by atoms with Gasteiger partial charge in [0.25, 0.3) is 0 Å². The minimum Gasteiger partial charge on any atom is -0.347 e. The average molecular weight is 481 g/mol. The number of carbonyl (C=O) groups excluding carboxylic acids is 1. The van der Waals surface area contributed by atoms with Gasteiger partial charge in [0.2, 0.25) is 0 Å². The Kier molecular flexibility index (Phi) is 7.79. The molecule has 2 amide bonds. The first-order chi connectivity index (χ1) is 15.6. The molecule has 0 bridgehead atoms. The Balaban J connectivity index is 0.00000306. The third kappa shape index (κ3) is 5.05. The molecule has 6 nitrogen and oxygen atoms in total. The minimum absolute atomic E-state index is 0. The van der Waals surface area contributed by atoms with Gasteiger partial charge >= 0.3 is 6.03 Å². The highest BCUT2D eigenvalue weighted by Gasteiger charge is 2.53. The molecule has 8 heteroatoms. The van der Waals surface area contributed by atoms with Crippen LogP contribution in [0.1, 0.15) is 30.2 Å². The van der Waals surface area contributed by atoms with Crippen molar-refractivity contribution in [2.24, 2.45) is 0 Å². The lowest BCUT2D eigenvalue weighted by Crippen LogP contribution is -2.51. The van der Waals surface area contributed by atoms with Crippen LogP contribution < -0.4 is 4.48 Å². The van der Waals surface area contributed by atoms with Gasteiger partial charge in [0, 0.05) is 29.3 Å². The Bertz CT molecular complexity index is 1210. The number of benzene rings is 2. The SMILES string of the molecule is CC#CCC1C[N+](Cc2ccc(C#N)cc2)(c2cccc(Cl)c2)C(=O)N1Cc1cnc[nH]1.Cl. The molecular formula is C25H24Cl2N5O+. The first-order valence-electron chi connectivity index (χ1n) is 10.4. The van der Waals surface area contributed by atoms with Crippen molar-refractivity contribution < 1.29 is 4.79 Å². The lowest BCUT2D eigenvalue weighted by molar-refractivity contribution is 0.182. The zero-order valence-electron chi connectivity index (χ0n) is 18.2. The number of halogens is 2. The largest absolute Gasteiger partial charge is 0.425 e. The van der Waals surface area contributed by atoms with E-state index in [-0.39, 0.29) is 29.0 Å². The first-order valence-corrected chi connectivity index (χ1v) is 10.7. The van der Waals surface area contributed by atoms with Crippen molar-refractivity contribution in [2.45, 2.75) is 32.5 Å². The molecule has 2 atom stereocenters. The molecule has 0 radical (unpaired) electrons. The van der Waals surface area contributed by atoms with Gasteiger partial charge in [0.05, 0.1) is 36.2 Å². The third-order valence-electron chi connectivity index (χ3n) is 5.82. The van der Waals surface area contributed by atoms with E-state index in [4.69, 9.17) is 16.9 Å². The maximum Gasteiger partial charge on any atom is 0.425 e. The number of nitrogens with zero attached hydrogens (tertiary/aromatic N) is 4. The van der Waals surface area contributed by atoms with Crippen LogP contribution in [0, 0.1) is 23.2 Å². The summed E-state index contributed by atoms with van der Waals surface area (Å²) in [6.45, 7) is 3.27. The standard InChI is InChI=1S/C25H23ClN5O.ClH/c1-2-3-6-23-17-31(24-7-4-5-21(26)12-24,16-20-10-8-19(13-27)9-11-20)25(32)30(23)15-22-14-28-18-29-22;/h4-5,7-12,14,18,23H,6,15-17H2,1H3,(H,28,29);1H/q+1;. The number of imidazole rings is 1. The second kappa shape index (κ2) is 10.6. The number of nitriles is 1.